The lowest BCUT2D eigenvalue weighted by molar-refractivity contribution is -0.142. The summed E-state index contributed by atoms with van der Waals surface area (Å²) < 4.78 is 39.3. The molecule has 0 fully saturated rings. The predicted octanol–water partition coefficient (Wildman–Crippen LogP) is 2.58. The Labute approximate surface area is 199 Å². The molecule has 0 bridgehead atoms. The fourth-order valence-corrected chi connectivity index (χ4v) is 5.76. The van der Waals surface area contributed by atoms with E-state index >= 15 is 0 Å². The van der Waals surface area contributed by atoms with Crippen LogP contribution in [0.25, 0.3) is 0 Å². The second kappa shape index (κ2) is 10.9. The lowest BCUT2D eigenvalue weighted by Crippen LogP contribution is -2.55. The highest BCUT2D eigenvalue weighted by atomic mass is 32.2. The van der Waals surface area contributed by atoms with Crippen molar-refractivity contribution in [1.29, 1.82) is 0 Å². The van der Waals surface area contributed by atoms with Gasteiger partial charge in [-0.05, 0) is 36.1 Å². The number of methoxy groups -OCH3 is 2. The molecule has 34 heavy (non-hydrogen) atoms. The van der Waals surface area contributed by atoms with Crippen LogP contribution in [0.15, 0.2) is 47.4 Å². The number of carbonyl (C=O) groups excluding carboxylic acids is 1. The predicted molar refractivity (Wildman–Crippen MR) is 125 cm³/mol. The molecule has 2 N–H and O–H groups in total. The molecule has 10 heteroatoms. The topological polar surface area (TPSA) is 122 Å². The molecule has 9 nitrogen and oxygen atoms in total. The van der Waals surface area contributed by atoms with Crippen molar-refractivity contribution >= 4 is 21.9 Å². The minimum Gasteiger partial charge on any atom is -0.497 e. The van der Waals surface area contributed by atoms with Gasteiger partial charge >= 0.3 is 5.97 Å². The molecule has 1 unspecified atom stereocenters. The van der Waals surface area contributed by atoms with E-state index in [1.165, 1.54) is 26.4 Å². The van der Waals surface area contributed by atoms with Gasteiger partial charge in [-0.3, -0.25) is 4.79 Å². The molecule has 0 aromatic heterocycles. The molecule has 0 radical (unpaired) electrons. The van der Waals surface area contributed by atoms with E-state index in [2.05, 4.69) is 5.32 Å². The van der Waals surface area contributed by atoms with E-state index < -0.39 is 34.0 Å². The van der Waals surface area contributed by atoms with Crippen LogP contribution in [0.2, 0.25) is 0 Å². The number of unbranched alkanes of at least 4 members (excludes halogenated alkanes) is 1. The molecule has 1 amide bonds. The van der Waals surface area contributed by atoms with E-state index in [1.54, 1.807) is 12.1 Å². The second-order valence-electron chi connectivity index (χ2n) is 8.10. The normalized spacial score (nSPS) is 16.9. The lowest BCUT2D eigenvalue weighted by Gasteiger charge is -2.35. The van der Waals surface area contributed by atoms with Crippen molar-refractivity contribution in [2.24, 2.45) is 0 Å². The number of rotatable bonds is 10. The maximum atomic E-state index is 13.8. The molecule has 0 spiro atoms. The van der Waals surface area contributed by atoms with Gasteiger partial charge in [-0.2, -0.15) is 4.31 Å². The van der Waals surface area contributed by atoms with Gasteiger partial charge in [0.05, 0.1) is 14.2 Å². The molecule has 0 saturated heterocycles. The number of benzene rings is 2. The third-order valence-corrected chi connectivity index (χ3v) is 7.80. The van der Waals surface area contributed by atoms with Crippen LogP contribution in [-0.2, 0) is 32.6 Å². The number of ether oxygens (including phenoxy) is 2. The van der Waals surface area contributed by atoms with Crippen LogP contribution in [0.4, 0.5) is 0 Å². The van der Waals surface area contributed by atoms with Gasteiger partial charge in [-0.15, -0.1) is 0 Å². The molecule has 184 valence electrons. The summed E-state index contributed by atoms with van der Waals surface area (Å²) in [4.78, 5) is 24.9. The second-order valence-corrected chi connectivity index (χ2v) is 9.96. The summed E-state index contributed by atoms with van der Waals surface area (Å²) in [7, 11) is -1.44. The van der Waals surface area contributed by atoms with Crippen molar-refractivity contribution in [2.45, 2.75) is 56.1 Å². The Kier molecular flexibility index (Phi) is 8.16. The first-order valence-corrected chi connectivity index (χ1v) is 12.5. The zero-order valence-electron chi connectivity index (χ0n) is 19.5. The minimum atomic E-state index is -4.23. The molecular weight excluding hydrogens is 460 g/mol. The molecule has 0 saturated carbocycles. The van der Waals surface area contributed by atoms with Crippen molar-refractivity contribution in [1.82, 2.24) is 9.62 Å². The highest BCUT2D eigenvalue weighted by Crippen LogP contribution is 2.35. The molecule has 1 aliphatic rings. The number of aliphatic carboxylic acids is 1. The van der Waals surface area contributed by atoms with Crippen LogP contribution >= 0.6 is 0 Å². The average molecular weight is 491 g/mol. The molecule has 1 heterocycles. The van der Waals surface area contributed by atoms with Gasteiger partial charge < -0.3 is 19.9 Å². The van der Waals surface area contributed by atoms with E-state index in [0.29, 0.717) is 12.2 Å². The molecule has 3 rings (SSSR count). The maximum absolute atomic E-state index is 13.8. The Morgan fingerprint density at radius 1 is 1.15 bits per heavy atom. The van der Waals surface area contributed by atoms with E-state index in [1.807, 2.05) is 25.1 Å². The van der Waals surface area contributed by atoms with Crippen molar-refractivity contribution in [2.75, 3.05) is 14.2 Å². The smallest absolute Gasteiger partial charge is 0.326 e. The Morgan fingerprint density at radius 3 is 2.47 bits per heavy atom. The quantitative estimate of drug-likeness (QED) is 0.525. The van der Waals surface area contributed by atoms with Crippen LogP contribution in [0, 0.1) is 0 Å². The summed E-state index contributed by atoms with van der Waals surface area (Å²) in [5.74, 6) is -1.36. The Bertz CT molecular complexity index is 1150. The largest absolute Gasteiger partial charge is 0.497 e. The van der Waals surface area contributed by atoms with E-state index in [0.717, 1.165) is 21.9 Å². The third-order valence-electron chi connectivity index (χ3n) is 5.93. The number of sulfonamides is 1. The van der Waals surface area contributed by atoms with Gasteiger partial charge in [0.2, 0.25) is 15.9 Å². The van der Waals surface area contributed by atoms with Crippen LogP contribution in [0.1, 0.15) is 37.3 Å². The van der Waals surface area contributed by atoms with Crippen LogP contribution in [0.3, 0.4) is 0 Å². The monoisotopic (exact) mass is 490 g/mol. The summed E-state index contributed by atoms with van der Waals surface area (Å²) in [5, 5.41) is 12.1. The van der Waals surface area contributed by atoms with Gasteiger partial charge in [0.25, 0.3) is 0 Å². The fourth-order valence-electron chi connectivity index (χ4n) is 4.02. The number of fused-ring (bicyclic) bond motifs is 1. The zero-order chi connectivity index (χ0) is 24.9. The van der Waals surface area contributed by atoms with Crippen LogP contribution in [0.5, 0.6) is 11.5 Å². The number of amides is 1. The van der Waals surface area contributed by atoms with E-state index in [4.69, 9.17) is 9.47 Å². The molecule has 0 aliphatic carbocycles. The highest BCUT2D eigenvalue weighted by molar-refractivity contribution is 7.89. The van der Waals surface area contributed by atoms with Crippen molar-refractivity contribution in [3.63, 3.8) is 0 Å². The number of carbonyl (C=O) groups is 2. The summed E-state index contributed by atoms with van der Waals surface area (Å²) >= 11 is 0. The first-order valence-electron chi connectivity index (χ1n) is 11.1. The number of nitrogens with one attached hydrogen (secondary N) is 1. The van der Waals surface area contributed by atoms with Gasteiger partial charge in [0.15, 0.2) is 0 Å². The number of carboxylic acid groups (broad SMARTS) is 1. The van der Waals surface area contributed by atoms with Gasteiger partial charge in [-0.1, -0.05) is 44.0 Å². The number of hydrogen-bond donors (Lipinski definition) is 2. The van der Waals surface area contributed by atoms with Crippen LogP contribution < -0.4 is 14.8 Å². The van der Waals surface area contributed by atoms with Gasteiger partial charge in [-0.25, -0.2) is 13.2 Å². The van der Waals surface area contributed by atoms with Crippen molar-refractivity contribution in [3.05, 3.63) is 53.6 Å². The summed E-state index contributed by atoms with van der Waals surface area (Å²) in [6.45, 7) is 1.89. The molecule has 2 aromatic carbocycles. The van der Waals surface area contributed by atoms with Crippen LogP contribution in [-0.4, -0.2) is 56.0 Å². The highest BCUT2D eigenvalue weighted by Gasteiger charge is 2.41. The van der Waals surface area contributed by atoms with Gasteiger partial charge in [0.1, 0.15) is 28.5 Å². The molecule has 1 aliphatic heterocycles. The number of carboxylic acids is 1. The molecule has 2 atom stereocenters. The number of nitrogens with zero attached hydrogens (tertiary/aromatic N) is 1. The van der Waals surface area contributed by atoms with E-state index in [-0.39, 0.29) is 30.0 Å². The lowest BCUT2D eigenvalue weighted by atomic mass is 9.95. The zero-order valence-corrected chi connectivity index (χ0v) is 20.3. The summed E-state index contributed by atoms with van der Waals surface area (Å²) in [6, 6.07) is 9.49. The SMILES string of the molecule is CCCCC(NC(=O)[C@@H]1Cc2ccccc2CN1S(=O)(=O)c1cc(OC)ccc1OC)C(=O)O. The third kappa shape index (κ3) is 5.34. The van der Waals surface area contributed by atoms with E-state index in [9.17, 15) is 23.1 Å². The average Bonchev–Trinajstić information content (AvgIpc) is 2.84. The Morgan fingerprint density at radius 2 is 1.85 bits per heavy atom. The maximum Gasteiger partial charge on any atom is 0.326 e. The fraction of sp³-hybridized carbons (Fsp3) is 0.417. The standard InChI is InChI=1S/C24H30N2O7S/c1-4-5-10-19(24(28)29)25-23(27)20-13-16-8-6-7-9-17(16)15-26(20)34(30,31)22-14-18(32-2)11-12-21(22)33-3/h6-9,11-12,14,19-20H,4-5,10,13,15H2,1-3H3,(H,25,27)(H,28,29)/t19?,20-/m0/s1. The Hall–Kier alpha value is -3.11. The Balaban J connectivity index is 2.04. The minimum absolute atomic E-state index is 0.0380. The summed E-state index contributed by atoms with van der Waals surface area (Å²) in [5.41, 5.74) is 1.62. The first-order chi connectivity index (χ1) is 16.2. The van der Waals surface area contributed by atoms with Crippen molar-refractivity contribution < 1.29 is 32.6 Å². The molecule has 2 aromatic rings. The molecular formula is C24H30N2O7S. The summed E-state index contributed by atoms with van der Waals surface area (Å²) in [6.07, 6.45) is 1.77. The number of hydrogen-bond acceptors (Lipinski definition) is 6. The van der Waals surface area contributed by atoms with Crippen molar-refractivity contribution in [3.8, 4) is 11.5 Å². The first kappa shape index (κ1) is 25.5. The van der Waals surface area contributed by atoms with Gasteiger partial charge in [0, 0.05) is 12.6 Å².